The van der Waals surface area contributed by atoms with Crippen LogP contribution in [0, 0.1) is 13.8 Å². The second-order valence-electron chi connectivity index (χ2n) is 4.47. The maximum atomic E-state index is 11.6. The minimum atomic E-state index is -0.152. The number of aryl methyl sites for hydroxylation is 2. The third-order valence-electron chi connectivity index (χ3n) is 2.78. The van der Waals surface area contributed by atoms with Crippen molar-refractivity contribution in [1.82, 2.24) is 10.2 Å². The van der Waals surface area contributed by atoms with Gasteiger partial charge in [0.25, 0.3) is 0 Å². The van der Waals surface area contributed by atoms with Crippen LogP contribution < -0.4 is 5.32 Å². The highest BCUT2D eigenvalue weighted by Gasteiger charge is 2.25. The Bertz CT molecular complexity index is 432. The number of carbonyl (C=O) groups excluding carboxylic acids is 2. The summed E-state index contributed by atoms with van der Waals surface area (Å²) in [5, 5.41) is 2.78. The summed E-state index contributed by atoms with van der Waals surface area (Å²) in [6, 6.07) is 6.09. The predicted octanol–water partition coefficient (Wildman–Crippen LogP) is 0.762. The summed E-state index contributed by atoms with van der Waals surface area (Å²) in [5.74, 6) is -0.305. The fourth-order valence-corrected chi connectivity index (χ4v) is 2.13. The first-order valence-electron chi connectivity index (χ1n) is 5.67. The minimum Gasteiger partial charge on any atom is -0.300 e. The van der Waals surface area contributed by atoms with Crippen molar-refractivity contribution in [3.8, 4) is 0 Å². The fourth-order valence-electron chi connectivity index (χ4n) is 2.13. The molecule has 0 unspecified atom stereocenters. The van der Waals surface area contributed by atoms with Crippen molar-refractivity contribution in [2.75, 3.05) is 13.1 Å². The van der Waals surface area contributed by atoms with Gasteiger partial charge in [-0.05, 0) is 19.4 Å². The van der Waals surface area contributed by atoms with E-state index in [2.05, 4.69) is 11.4 Å². The lowest BCUT2D eigenvalue weighted by atomic mass is 10.1. The van der Waals surface area contributed by atoms with E-state index in [1.54, 1.807) is 0 Å². The van der Waals surface area contributed by atoms with Crippen LogP contribution in [0.15, 0.2) is 18.2 Å². The van der Waals surface area contributed by atoms with Gasteiger partial charge >= 0.3 is 0 Å². The van der Waals surface area contributed by atoms with Gasteiger partial charge < -0.3 is 0 Å². The Balaban J connectivity index is 2.19. The molecule has 0 aromatic heterocycles. The molecular formula is C13H16N2O2. The molecule has 0 saturated carbocycles. The van der Waals surface area contributed by atoms with E-state index in [-0.39, 0.29) is 24.9 Å². The van der Waals surface area contributed by atoms with Crippen LogP contribution in [0.3, 0.4) is 0 Å². The molecule has 1 aromatic rings. The lowest BCUT2D eigenvalue weighted by Crippen LogP contribution is -2.51. The molecule has 1 aliphatic rings. The van der Waals surface area contributed by atoms with Crippen molar-refractivity contribution in [3.05, 3.63) is 34.9 Å². The summed E-state index contributed by atoms with van der Waals surface area (Å²) < 4.78 is 0. The van der Waals surface area contributed by atoms with E-state index in [1.165, 1.54) is 4.90 Å². The largest absolute Gasteiger partial charge is 0.300 e. The molecular weight excluding hydrogens is 216 g/mol. The lowest BCUT2D eigenvalue weighted by molar-refractivity contribution is -0.147. The average molecular weight is 232 g/mol. The molecule has 4 nitrogen and oxygen atoms in total. The van der Waals surface area contributed by atoms with E-state index in [1.807, 2.05) is 26.0 Å². The van der Waals surface area contributed by atoms with Crippen LogP contribution in [0.4, 0.5) is 0 Å². The van der Waals surface area contributed by atoms with Gasteiger partial charge in [-0.15, -0.1) is 0 Å². The van der Waals surface area contributed by atoms with Crippen LogP contribution in [0.1, 0.15) is 16.7 Å². The molecule has 2 rings (SSSR count). The summed E-state index contributed by atoms with van der Waals surface area (Å²) in [7, 11) is 0. The Morgan fingerprint density at radius 3 is 2.12 bits per heavy atom. The third kappa shape index (κ3) is 2.71. The Hall–Kier alpha value is -1.68. The van der Waals surface area contributed by atoms with E-state index >= 15 is 0 Å². The highest BCUT2D eigenvalue weighted by molar-refractivity contribution is 5.99. The van der Waals surface area contributed by atoms with Crippen LogP contribution in [0.5, 0.6) is 0 Å². The van der Waals surface area contributed by atoms with Crippen molar-refractivity contribution < 1.29 is 9.59 Å². The Morgan fingerprint density at radius 1 is 1.06 bits per heavy atom. The summed E-state index contributed by atoms with van der Waals surface area (Å²) >= 11 is 0. The van der Waals surface area contributed by atoms with E-state index in [9.17, 15) is 9.59 Å². The first-order valence-corrected chi connectivity index (χ1v) is 5.67. The van der Waals surface area contributed by atoms with E-state index in [0.717, 1.165) is 16.7 Å². The zero-order valence-electron chi connectivity index (χ0n) is 10.1. The molecule has 1 fully saturated rings. The molecule has 2 amide bonds. The van der Waals surface area contributed by atoms with Crippen molar-refractivity contribution in [1.29, 1.82) is 0 Å². The van der Waals surface area contributed by atoms with E-state index in [4.69, 9.17) is 0 Å². The summed E-state index contributed by atoms with van der Waals surface area (Å²) in [6.07, 6.45) is 0. The number of hydrogen-bond donors (Lipinski definition) is 1. The van der Waals surface area contributed by atoms with Crippen LogP contribution in [-0.4, -0.2) is 29.8 Å². The summed E-state index contributed by atoms with van der Waals surface area (Å²) in [5.41, 5.74) is 3.30. The molecule has 0 atom stereocenters. The number of amides is 2. The Labute approximate surface area is 101 Å². The first-order chi connectivity index (χ1) is 8.06. The molecule has 90 valence electrons. The van der Waals surface area contributed by atoms with Crippen molar-refractivity contribution in [2.24, 2.45) is 0 Å². The van der Waals surface area contributed by atoms with Gasteiger partial charge in [0.05, 0.1) is 19.6 Å². The van der Waals surface area contributed by atoms with Gasteiger partial charge in [-0.25, -0.2) is 0 Å². The Kier molecular flexibility index (Phi) is 3.24. The molecule has 0 bridgehead atoms. The number of nitrogens with zero attached hydrogens (tertiary/aromatic N) is 1. The minimum absolute atomic E-state index is 0.152. The van der Waals surface area contributed by atoms with Crippen LogP contribution >= 0.6 is 0 Å². The van der Waals surface area contributed by atoms with Gasteiger partial charge in [0.2, 0.25) is 11.8 Å². The van der Waals surface area contributed by atoms with Gasteiger partial charge in [0.15, 0.2) is 0 Å². The molecule has 4 heteroatoms. The van der Waals surface area contributed by atoms with Crippen LogP contribution in [0.25, 0.3) is 0 Å². The number of benzene rings is 1. The van der Waals surface area contributed by atoms with Gasteiger partial charge in [0.1, 0.15) is 0 Å². The maximum absolute atomic E-state index is 11.6. The molecule has 1 aliphatic heterocycles. The standard InChI is InChI=1S/C13H16N2O2/c1-9-3-10(2)5-11(4-9)8-15-12(16)6-14-7-13(15)17/h3-5,14H,6-8H2,1-2H3. The lowest BCUT2D eigenvalue weighted by Gasteiger charge is -2.25. The van der Waals surface area contributed by atoms with Gasteiger partial charge in [-0.2, -0.15) is 0 Å². The van der Waals surface area contributed by atoms with Gasteiger partial charge in [-0.3, -0.25) is 19.8 Å². The van der Waals surface area contributed by atoms with Gasteiger partial charge in [0, 0.05) is 0 Å². The van der Waals surface area contributed by atoms with E-state index < -0.39 is 0 Å². The number of imide groups is 1. The average Bonchev–Trinajstić information content (AvgIpc) is 2.22. The smallest absolute Gasteiger partial charge is 0.243 e. The van der Waals surface area contributed by atoms with Gasteiger partial charge in [-0.1, -0.05) is 29.3 Å². The fraction of sp³-hybridized carbons (Fsp3) is 0.385. The van der Waals surface area contributed by atoms with Crippen LogP contribution in [-0.2, 0) is 16.1 Å². The Morgan fingerprint density at radius 2 is 1.59 bits per heavy atom. The number of piperazine rings is 1. The molecule has 1 N–H and O–H groups in total. The van der Waals surface area contributed by atoms with Crippen molar-refractivity contribution in [2.45, 2.75) is 20.4 Å². The SMILES string of the molecule is Cc1cc(C)cc(CN2C(=O)CNCC2=O)c1. The monoisotopic (exact) mass is 232 g/mol. The second kappa shape index (κ2) is 4.67. The van der Waals surface area contributed by atoms with Crippen molar-refractivity contribution >= 4 is 11.8 Å². The maximum Gasteiger partial charge on any atom is 0.243 e. The molecule has 1 heterocycles. The van der Waals surface area contributed by atoms with E-state index in [0.29, 0.717) is 6.54 Å². The normalized spacial score (nSPS) is 16.5. The highest BCUT2D eigenvalue weighted by atomic mass is 16.2. The molecule has 0 radical (unpaired) electrons. The summed E-state index contributed by atoms with van der Waals surface area (Å²) in [6.45, 7) is 4.89. The zero-order valence-corrected chi connectivity index (χ0v) is 10.1. The second-order valence-corrected chi connectivity index (χ2v) is 4.47. The number of carbonyl (C=O) groups is 2. The van der Waals surface area contributed by atoms with Crippen LogP contribution in [0.2, 0.25) is 0 Å². The topological polar surface area (TPSA) is 49.4 Å². The number of nitrogens with one attached hydrogen (secondary N) is 1. The van der Waals surface area contributed by atoms with Crippen molar-refractivity contribution in [3.63, 3.8) is 0 Å². The molecule has 1 aromatic carbocycles. The molecule has 17 heavy (non-hydrogen) atoms. The molecule has 0 spiro atoms. The zero-order chi connectivity index (χ0) is 12.4. The summed E-state index contributed by atoms with van der Waals surface area (Å²) in [4.78, 5) is 24.6. The third-order valence-corrected chi connectivity index (χ3v) is 2.78. The predicted molar refractivity (Wildman–Crippen MR) is 64.3 cm³/mol. The number of hydrogen-bond acceptors (Lipinski definition) is 3. The molecule has 0 aliphatic carbocycles. The quantitative estimate of drug-likeness (QED) is 0.766. The molecule has 1 saturated heterocycles. The first kappa shape index (κ1) is 11.8. The number of rotatable bonds is 2. The highest BCUT2D eigenvalue weighted by Crippen LogP contribution is 2.12.